The molecule has 1 aliphatic carbocycles. The number of halogens is 1. The van der Waals surface area contributed by atoms with Gasteiger partial charge in [-0.2, -0.15) is 0 Å². The molecule has 1 aromatic carbocycles. The highest BCUT2D eigenvalue weighted by Crippen LogP contribution is 2.22. The molecule has 0 spiro atoms. The summed E-state index contributed by atoms with van der Waals surface area (Å²) in [5.74, 6) is 0. The van der Waals surface area contributed by atoms with E-state index in [-0.39, 0.29) is 0 Å². The van der Waals surface area contributed by atoms with Crippen LogP contribution in [0.3, 0.4) is 0 Å². The molecule has 0 aromatic heterocycles. The second-order valence-electron chi connectivity index (χ2n) is 3.92. The minimum atomic E-state index is 0.375. The van der Waals surface area contributed by atoms with E-state index in [4.69, 9.17) is 17.3 Å². The molecule has 14 heavy (non-hydrogen) atoms. The molecule has 76 valence electrons. The van der Waals surface area contributed by atoms with Crippen LogP contribution >= 0.6 is 11.6 Å². The Morgan fingerprint density at radius 1 is 1.21 bits per heavy atom. The van der Waals surface area contributed by atoms with Crippen LogP contribution in [-0.2, 0) is 0 Å². The summed E-state index contributed by atoms with van der Waals surface area (Å²) in [7, 11) is 0. The largest absolute Gasteiger partial charge is 0.382 e. The van der Waals surface area contributed by atoms with Gasteiger partial charge in [0.1, 0.15) is 0 Å². The topological polar surface area (TPSA) is 38.0 Å². The van der Waals surface area contributed by atoms with Crippen LogP contribution in [0.1, 0.15) is 19.3 Å². The molecule has 1 aliphatic rings. The van der Waals surface area contributed by atoms with Gasteiger partial charge in [0.2, 0.25) is 0 Å². The molecule has 0 saturated heterocycles. The highest BCUT2D eigenvalue weighted by molar-refractivity contribution is 6.30. The smallest absolute Gasteiger partial charge is 0.0407 e. The van der Waals surface area contributed by atoms with Gasteiger partial charge in [0.15, 0.2) is 0 Å². The Morgan fingerprint density at radius 2 is 1.93 bits per heavy atom. The van der Waals surface area contributed by atoms with Gasteiger partial charge in [-0.25, -0.2) is 0 Å². The van der Waals surface area contributed by atoms with Gasteiger partial charge < -0.3 is 11.1 Å². The molecule has 0 amide bonds. The second kappa shape index (κ2) is 4.20. The number of hydrogen-bond donors (Lipinski definition) is 2. The Kier molecular flexibility index (Phi) is 2.94. The maximum atomic E-state index is 5.84. The Morgan fingerprint density at radius 3 is 2.50 bits per heavy atom. The van der Waals surface area contributed by atoms with Gasteiger partial charge in [-0.3, -0.25) is 0 Å². The fraction of sp³-hybridized carbons (Fsp3) is 0.455. The van der Waals surface area contributed by atoms with E-state index in [2.05, 4.69) is 5.32 Å². The van der Waals surface area contributed by atoms with Crippen LogP contribution in [0.25, 0.3) is 0 Å². The lowest BCUT2D eigenvalue weighted by Crippen LogP contribution is -2.20. The summed E-state index contributed by atoms with van der Waals surface area (Å²) < 4.78 is 0. The zero-order valence-electron chi connectivity index (χ0n) is 8.04. The number of hydrogen-bond acceptors (Lipinski definition) is 2. The summed E-state index contributed by atoms with van der Waals surface area (Å²) in [6.07, 6.45) is 3.37. The molecule has 1 saturated carbocycles. The van der Waals surface area contributed by atoms with E-state index in [0.717, 1.165) is 23.6 Å². The molecule has 3 heteroatoms. The van der Waals surface area contributed by atoms with Crippen LogP contribution < -0.4 is 11.1 Å². The monoisotopic (exact) mass is 210 g/mol. The van der Waals surface area contributed by atoms with Crippen molar-refractivity contribution in [3.8, 4) is 0 Å². The Balaban J connectivity index is 1.94. The third kappa shape index (κ3) is 2.40. The molecular formula is C11H15ClN2. The average Bonchev–Trinajstić information content (AvgIpc) is 2.56. The Hall–Kier alpha value is -0.730. The normalized spacial score (nSPS) is 26.4. The predicted molar refractivity (Wildman–Crippen MR) is 60.7 cm³/mol. The molecule has 2 atom stereocenters. The lowest BCUT2D eigenvalue weighted by Gasteiger charge is -2.13. The predicted octanol–water partition coefficient (Wildman–Crippen LogP) is 2.63. The first-order valence-electron chi connectivity index (χ1n) is 5.02. The Bertz CT molecular complexity index is 297. The van der Waals surface area contributed by atoms with Crippen LogP contribution in [0, 0.1) is 0 Å². The van der Waals surface area contributed by atoms with Crippen molar-refractivity contribution in [2.75, 3.05) is 5.32 Å². The molecule has 2 rings (SSSR count). The van der Waals surface area contributed by atoms with Crippen molar-refractivity contribution in [3.05, 3.63) is 29.3 Å². The van der Waals surface area contributed by atoms with Crippen molar-refractivity contribution in [3.63, 3.8) is 0 Å². The van der Waals surface area contributed by atoms with Gasteiger partial charge >= 0.3 is 0 Å². The van der Waals surface area contributed by atoms with E-state index < -0.39 is 0 Å². The first kappa shape index (κ1) is 9.81. The summed E-state index contributed by atoms with van der Waals surface area (Å²) in [6.45, 7) is 0. The second-order valence-corrected chi connectivity index (χ2v) is 4.36. The van der Waals surface area contributed by atoms with Gasteiger partial charge in [-0.15, -0.1) is 0 Å². The summed E-state index contributed by atoms with van der Waals surface area (Å²) >= 11 is 5.80. The van der Waals surface area contributed by atoms with Crippen molar-refractivity contribution in [1.82, 2.24) is 0 Å². The fourth-order valence-corrected chi connectivity index (χ4v) is 2.06. The van der Waals surface area contributed by atoms with Crippen LogP contribution in [0.15, 0.2) is 24.3 Å². The van der Waals surface area contributed by atoms with E-state index in [1.165, 1.54) is 6.42 Å². The van der Waals surface area contributed by atoms with Crippen LogP contribution in [0.4, 0.5) is 5.69 Å². The first-order chi connectivity index (χ1) is 6.74. The molecule has 0 bridgehead atoms. The van der Waals surface area contributed by atoms with Gasteiger partial charge in [0.05, 0.1) is 0 Å². The zero-order valence-corrected chi connectivity index (χ0v) is 8.80. The Labute approximate surface area is 89.4 Å². The van der Waals surface area contributed by atoms with E-state index in [1.807, 2.05) is 24.3 Å². The van der Waals surface area contributed by atoms with Gasteiger partial charge in [-0.05, 0) is 43.5 Å². The molecule has 2 unspecified atom stereocenters. The maximum absolute atomic E-state index is 5.84. The quantitative estimate of drug-likeness (QED) is 0.788. The third-order valence-electron chi connectivity index (χ3n) is 2.69. The standard InChI is InChI=1S/C11H15ClN2/c12-8-1-4-10(5-2-8)14-11-6-3-9(13)7-11/h1-2,4-5,9,11,14H,3,6-7,13H2. The van der Waals surface area contributed by atoms with Crippen LogP contribution in [0.5, 0.6) is 0 Å². The minimum Gasteiger partial charge on any atom is -0.382 e. The summed E-state index contributed by atoms with van der Waals surface area (Å²) in [6, 6.07) is 8.72. The van der Waals surface area contributed by atoms with E-state index in [1.54, 1.807) is 0 Å². The average molecular weight is 211 g/mol. The van der Waals surface area contributed by atoms with E-state index in [9.17, 15) is 0 Å². The molecule has 3 N–H and O–H groups in total. The van der Waals surface area contributed by atoms with Gasteiger partial charge in [0, 0.05) is 22.8 Å². The maximum Gasteiger partial charge on any atom is 0.0407 e. The third-order valence-corrected chi connectivity index (χ3v) is 2.94. The zero-order chi connectivity index (χ0) is 9.97. The van der Waals surface area contributed by atoms with Crippen LogP contribution in [0.2, 0.25) is 5.02 Å². The molecule has 1 fully saturated rings. The fourth-order valence-electron chi connectivity index (χ4n) is 1.93. The van der Waals surface area contributed by atoms with Crippen molar-refractivity contribution >= 4 is 17.3 Å². The number of nitrogens with two attached hydrogens (primary N) is 1. The summed E-state index contributed by atoms with van der Waals surface area (Å²) in [5, 5.41) is 4.24. The first-order valence-corrected chi connectivity index (χ1v) is 5.39. The SMILES string of the molecule is NC1CCC(Nc2ccc(Cl)cc2)C1. The highest BCUT2D eigenvalue weighted by Gasteiger charge is 2.20. The molecule has 0 aliphatic heterocycles. The number of benzene rings is 1. The van der Waals surface area contributed by atoms with Crippen LogP contribution in [-0.4, -0.2) is 12.1 Å². The molecule has 1 aromatic rings. The summed E-state index contributed by atoms with van der Waals surface area (Å²) in [4.78, 5) is 0. The van der Waals surface area contributed by atoms with Crippen molar-refractivity contribution < 1.29 is 0 Å². The van der Waals surface area contributed by atoms with E-state index >= 15 is 0 Å². The lowest BCUT2D eigenvalue weighted by atomic mass is 10.2. The number of anilines is 1. The van der Waals surface area contributed by atoms with Gasteiger partial charge in [-0.1, -0.05) is 11.6 Å². The number of nitrogens with one attached hydrogen (secondary N) is 1. The molecular weight excluding hydrogens is 196 g/mol. The number of rotatable bonds is 2. The molecule has 0 radical (unpaired) electrons. The molecule has 2 nitrogen and oxygen atoms in total. The van der Waals surface area contributed by atoms with Crippen molar-refractivity contribution in [1.29, 1.82) is 0 Å². The van der Waals surface area contributed by atoms with Crippen molar-refractivity contribution in [2.45, 2.75) is 31.3 Å². The highest BCUT2D eigenvalue weighted by atomic mass is 35.5. The lowest BCUT2D eigenvalue weighted by molar-refractivity contribution is 0.688. The van der Waals surface area contributed by atoms with Gasteiger partial charge in [0.25, 0.3) is 0 Å². The minimum absolute atomic E-state index is 0.375. The van der Waals surface area contributed by atoms with Crippen molar-refractivity contribution in [2.24, 2.45) is 5.73 Å². The van der Waals surface area contributed by atoms with E-state index in [0.29, 0.717) is 12.1 Å². The summed E-state index contributed by atoms with van der Waals surface area (Å²) in [5.41, 5.74) is 6.97. The molecule has 0 heterocycles.